The summed E-state index contributed by atoms with van der Waals surface area (Å²) < 4.78 is 21.6. The molecule has 4 bridgehead atoms. The highest BCUT2D eigenvalue weighted by molar-refractivity contribution is 7.19. The topological polar surface area (TPSA) is 30.9 Å². The number of benzene rings is 2. The minimum Gasteiger partial charge on any atom is -0.486 e. The van der Waals surface area contributed by atoms with E-state index in [2.05, 4.69) is 61.3 Å². The lowest BCUT2D eigenvalue weighted by Crippen LogP contribution is -2.81. The van der Waals surface area contributed by atoms with Crippen LogP contribution in [0.5, 0.6) is 5.75 Å². The predicted molar refractivity (Wildman–Crippen MR) is 143 cm³/mol. The number of likely N-dealkylation sites (N-methyl/N-ethyl adjacent to an activating group) is 1. The first-order valence-electron chi connectivity index (χ1n) is 13.6. The van der Waals surface area contributed by atoms with E-state index in [0.29, 0.717) is 18.6 Å². The average Bonchev–Trinajstić information content (AvgIpc) is 3.47. The van der Waals surface area contributed by atoms with Crippen LogP contribution in [0.4, 0.5) is 0 Å². The van der Waals surface area contributed by atoms with Crippen molar-refractivity contribution in [2.24, 2.45) is 11.3 Å². The number of hydrogen-bond acceptors (Lipinski definition) is 5. The van der Waals surface area contributed by atoms with Crippen LogP contribution < -0.4 is 4.74 Å². The Hall–Kier alpha value is -1.92. The van der Waals surface area contributed by atoms with Gasteiger partial charge in [0.05, 0.1) is 13.2 Å². The quantitative estimate of drug-likeness (QED) is 0.438. The molecular formula is C31H35NO3S. The number of rotatable bonds is 5. The molecule has 4 nitrogen and oxygen atoms in total. The van der Waals surface area contributed by atoms with E-state index in [4.69, 9.17) is 14.2 Å². The summed E-state index contributed by atoms with van der Waals surface area (Å²) in [5.41, 5.74) is 4.40. The van der Waals surface area contributed by atoms with E-state index in [9.17, 15) is 0 Å². The molecule has 0 amide bonds. The number of aryl methyl sites for hydroxylation is 1. The van der Waals surface area contributed by atoms with E-state index in [1.807, 2.05) is 18.4 Å². The summed E-state index contributed by atoms with van der Waals surface area (Å²) in [5, 5.41) is 1.31. The van der Waals surface area contributed by atoms with Gasteiger partial charge in [-0.15, -0.1) is 11.3 Å². The van der Waals surface area contributed by atoms with Gasteiger partial charge in [0.15, 0.2) is 0 Å². The number of methoxy groups -OCH3 is 1. The fourth-order valence-electron chi connectivity index (χ4n) is 9.58. The van der Waals surface area contributed by atoms with Crippen molar-refractivity contribution in [3.8, 4) is 5.75 Å². The number of likely N-dealkylation sites (tertiary alicyclic amines) is 1. The number of piperidine rings is 1. The molecule has 3 aromatic rings. The fraction of sp³-hybridized carbons (Fsp3) is 0.548. The van der Waals surface area contributed by atoms with E-state index in [1.54, 1.807) is 5.56 Å². The first kappa shape index (κ1) is 22.1. The Morgan fingerprint density at radius 2 is 2.03 bits per heavy atom. The minimum atomic E-state index is -0.289. The normalized spacial score (nSPS) is 37.8. The number of ether oxygens (including phenoxy) is 3. The Morgan fingerprint density at radius 3 is 2.89 bits per heavy atom. The van der Waals surface area contributed by atoms with Gasteiger partial charge in [0.1, 0.15) is 17.5 Å². The molecule has 188 valence electrons. The summed E-state index contributed by atoms with van der Waals surface area (Å²) in [6.45, 7) is 4.78. The van der Waals surface area contributed by atoms with Crippen LogP contribution in [0, 0.1) is 18.3 Å². The van der Waals surface area contributed by atoms with Gasteiger partial charge in [0.2, 0.25) is 0 Å². The lowest BCUT2D eigenvalue weighted by molar-refractivity contribution is -0.282. The van der Waals surface area contributed by atoms with Crippen molar-refractivity contribution >= 4 is 21.4 Å². The lowest BCUT2D eigenvalue weighted by Gasteiger charge is -2.73. The Morgan fingerprint density at radius 1 is 1.14 bits per heavy atom. The second-order valence-corrected chi connectivity index (χ2v) is 13.3. The zero-order valence-electron chi connectivity index (χ0n) is 21.5. The van der Waals surface area contributed by atoms with Crippen molar-refractivity contribution < 1.29 is 14.2 Å². The molecule has 4 fully saturated rings. The van der Waals surface area contributed by atoms with Gasteiger partial charge in [0, 0.05) is 45.0 Å². The molecule has 2 aliphatic heterocycles. The molecule has 6 aliphatic rings. The number of nitrogens with zero attached hydrogens (tertiary/aromatic N) is 1. The van der Waals surface area contributed by atoms with Crippen LogP contribution in [0.15, 0.2) is 42.5 Å². The summed E-state index contributed by atoms with van der Waals surface area (Å²) in [5.74, 6) is 1.52. The molecule has 2 spiro atoms. The molecular weight excluding hydrogens is 466 g/mol. The minimum absolute atomic E-state index is 0.0787. The first-order valence-corrected chi connectivity index (χ1v) is 14.4. The molecule has 5 heteroatoms. The number of fused-ring (bicyclic) bond motifs is 3. The highest BCUT2D eigenvalue weighted by Gasteiger charge is 2.80. The lowest BCUT2D eigenvalue weighted by atomic mass is 9.35. The van der Waals surface area contributed by atoms with Gasteiger partial charge in [-0.05, 0) is 81.3 Å². The zero-order valence-corrected chi connectivity index (χ0v) is 22.3. The van der Waals surface area contributed by atoms with Crippen LogP contribution >= 0.6 is 11.3 Å². The molecule has 1 aromatic heterocycles. The van der Waals surface area contributed by atoms with Crippen molar-refractivity contribution in [2.75, 3.05) is 27.3 Å². The van der Waals surface area contributed by atoms with Gasteiger partial charge in [-0.3, -0.25) is 0 Å². The Balaban J connectivity index is 1.18. The molecule has 1 saturated heterocycles. The SMILES string of the molecule is CO[C@]12CC[C@@]3(C[C@H]1COCc1cc4ccccc4s1)[C@H]1Cc4ccc(C)c5c4[C@@]3(CCN1C)[C@H]2O5. The van der Waals surface area contributed by atoms with E-state index < -0.39 is 0 Å². The van der Waals surface area contributed by atoms with Crippen LogP contribution in [-0.2, 0) is 27.9 Å². The molecule has 6 atom stereocenters. The van der Waals surface area contributed by atoms with Crippen molar-refractivity contribution in [1.29, 1.82) is 0 Å². The molecule has 9 rings (SSSR count). The molecule has 2 aromatic carbocycles. The van der Waals surface area contributed by atoms with Gasteiger partial charge in [-0.2, -0.15) is 0 Å². The van der Waals surface area contributed by atoms with Crippen LogP contribution in [0.1, 0.15) is 47.3 Å². The standard InChI is InChI=1S/C31H35NO3S/c1-19-8-9-21-15-25-29-10-11-31(33-3,28-30(29,12-13-32(25)2)26(21)27(19)35-28)22(16-29)17-34-18-23-14-20-6-4-5-7-24(20)36-23/h4-9,14,22,25,28H,10-13,15-18H2,1-3H3/t22-,25+,28+,29+,30-,31+/m0/s1. The van der Waals surface area contributed by atoms with Gasteiger partial charge in [-0.1, -0.05) is 30.3 Å². The van der Waals surface area contributed by atoms with Gasteiger partial charge in [-0.25, -0.2) is 0 Å². The highest BCUT2D eigenvalue weighted by atomic mass is 32.1. The third-order valence-corrected chi connectivity index (χ3v) is 12.1. The smallest absolute Gasteiger partial charge is 0.138 e. The first-order chi connectivity index (χ1) is 17.5. The maximum atomic E-state index is 7.11. The zero-order chi connectivity index (χ0) is 24.3. The van der Waals surface area contributed by atoms with Crippen molar-refractivity contribution in [2.45, 2.75) is 68.8 Å². The Kier molecular flexibility index (Phi) is 4.51. The summed E-state index contributed by atoms with van der Waals surface area (Å²) in [7, 11) is 4.29. The molecule has 0 radical (unpaired) electrons. The maximum Gasteiger partial charge on any atom is 0.138 e. The van der Waals surface area contributed by atoms with Crippen molar-refractivity contribution in [1.82, 2.24) is 4.90 Å². The van der Waals surface area contributed by atoms with Crippen LogP contribution in [0.2, 0.25) is 0 Å². The molecule has 4 aliphatic carbocycles. The van der Waals surface area contributed by atoms with Crippen molar-refractivity contribution in [3.05, 3.63) is 64.0 Å². The molecule has 36 heavy (non-hydrogen) atoms. The second-order valence-electron chi connectivity index (χ2n) is 12.1. The molecule has 0 unspecified atom stereocenters. The Labute approximate surface area is 217 Å². The van der Waals surface area contributed by atoms with Crippen LogP contribution in [0.25, 0.3) is 10.1 Å². The van der Waals surface area contributed by atoms with Gasteiger partial charge >= 0.3 is 0 Å². The monoisotopic (exact) mass is 501 g/mol. The average molecular weight is 502 g/mol. The molecule has 0 N–H and O–H groups in total. The third-order valence-electron chi connectivity index (χ3n) is 11.0. The second kappa shape index (κ2) is 7.35. The summed E-state index contributed by atoms with van der Waals surface area (Å²) in [6.07, 6.45) is 5.88. The van der Waals surface area contributed by atoms with Crippen LogP contribution in [-0.4, -0.2) is 50.0 Å². The predicted octanol–water partition coefficient (Wildman–Crippen LogP) is 5.87. The van der Waals surface area contributed by atoms with E-state index in [0.717, 1.165) is 26.0 Å². The summed E-state index contributed by atoms with van der Waals surface area (Å²) in [6, 6.07) is 16.2. The fourth-order valence-corrected chi connectivity index (χ4v) is 10.6. The molecule has 3 saturated carbocycles. The number of thiophene rings is 1. The highest BCUT2D eigenvalue weighted by Crippen LogP contribution is 2.76. The van der Waals surface area contributed by atoms with E-state index in [-0.39, 0.29) is 22.5 Å². The van der Waals surface area contributed by atoms with E-state index >= 15 is 0 Å². The van der Waals surface area contributed by atoms with Crippen molar-refractivity contribution in [3.63, 3.8) is 0 Å². The van der Waals surface area contributed by atoms with Gasteiger partial charge < -0.3 is 19.1 Å². The third kappa shape index (κ3) is 2.47. The van der Waals surface area contributed by atoms with E-state index in [1.165, 1.54) is 51.1 Å². The largest absolute Gasteiger partial charge is 0.486 e. The maximum absolute atomic E-state index is 7.11. The van der Waals surface area contributed by atoms with Gasteiger partial charge in [0.25, 0.3) is 0 Å². The summed E-state index contributed by atoms with van der Waals surface area (Å²) in [4.78, 5) is 3.97. The van der Waals surface area contributed by atoms with Crippen LogP contribution in [0.3, 0.4) is 0 Å². The summed E-state index contributed by atoms with van der Waals surface area (Å²) >= 11 is 1.85. The number of hydrogen-bond donors (Lipinski definition) is 0. The molecule has 3 heterocycles. The Bertz CT molecular complexity index is 1350.